The van der Waals surface area contributed by atoms with Crippen LogP contribution in [0, 0.1) is 5.92 Å². The third-order valence-electron chi connectivity index (χ3n) is 3.01. The Bertz CT molecular complexity index is 494. The van der Waals surface area contributed by atoms with Crippen LogP contribution in [0.25, 0.3) is 6.08 Å². The molecule has 0 aliphatic heterocycles. The van der Waals surface area contributed by atoms with Gasteiger partial charge in [0.2, 0.25) is 5.91 Å². The number of carbonyl (C=O) groups excluding carboxylic acids is 1. The molecule has 0 saturated heterocycles. The Morgan fingerprint density at radius 1 is 1.40 bits per heavy atom. The lowest BCUT2D eigenvalue weighted by atomic mass is 10.1. The van der Waals surface area contributed by atoms with Crippen LogP contribution in [0.1, 0.15) is 37.8 Å². The van der Waals surface area contributed by atoms with Gasteiger partial charge in [-0.25, -0.2) is 4.79 Å². The lowest BCUT2D eigenvalue weighted by Gasteiger charge is -2.11. The van der Waals surface area contributed by atoms with E-state index >= 15 is 0 Å². The molecule has 108 valence electrons. The van der Waals surface area contributed by atoms with Gasteiger partial charge in [-0.3, -0.25) is 4.79 Å². The molecule has 0 aromatic heterocycles. The zero-order valence-corrected chi connectivity index (χ0v) is 11.9. The minimum absolute atomic E-state index is 0.0232. The van der Waals surface area contributed by atoms with Crippen LogP contribution in [-0.2, 0) is 16.1 Å². The van der Waals surface area contributed by atoms with Gasteiger partial charge in [-0.1, -0.05) is 38.5 Å². The molecule has 20 heavy (non-hydrogen) atoms. The molecule has 0 fully saturated rings. The Labute approximate surface area is 119 Å². The van der Waals surface area contributed by atoms with Crippen molar-refractivity contribution in [3.63, 3.8) is 0 Å². The standard InChI is InChI=1S/C16H21NO3/c1-3-5-12(2)16(20)17-11-14-7-4-6-13(10-14)8-9-15(18)19/h4,6-10,12H,3,5,11H2,1-2H3,(H,17,20)(H,18,19). The van der Waals surface area contributed by atoms with E-state index in [1.807, 2.05) is 31.2 Å². The number of amides is 1. The van der Waals surface area contributed by atoms with E-state index in [0.717, 1.165) is 30.0 Å². The van der Waals surface area contributed by atoms with E-state index in [-0.39, 0.29) is 11.8 Å². The maximum absolute atomic E-state index is 11.8. The number of nitrogens with one attached hydrogen (secondary N) is 1. The monoisotopic (exact) mass is 275 g/mol. The lowest BCUT2D eigenvalue weighted by Crippen LogP contribution is -2.28. The van der Waals surface area contributed by atoms with Crippen molar-refractivity contribution in [1.82, 2.24) is 5.32 Å². The normalized spacial score (nSPS) is 12.3. The fourth-order valence-corrected chi connectivity index (χ4v) is 1.90. The molecule has 0 radical (unpaired) electrons. The van der Waals surface area contributed by atoms with Crippen molar-refractivity contribution >= 4 is 18.0 Å². The third kappa shape index (κ3) is 5.69. The highest BCUT2D eigenvalue weighted by molar-refractivity contribution is 5.85. The summed E-state index contributed by atoms with van der Waals surface area (Å²) in [4.78, 5) is 22.3. The fraction of sp³-hybridized carbons (Fsp3) is 0.375. The molecule has 4 heteroatoms. The van der Waals surface area contributed by atoms with Crippen LogP contribution in [0.5, 0.6) is 0 Å². The van der Waals surface area contributed by atoms with Crippen molar-refractivity contribution in [3.05, 3.63) is 41.5 Å². The maximum Gasteiger partial charge on any atom is 0.328 e. The molecule has 0 saturated carbocycles. The minimum Gasteiger partial charge on any atom is -0.478 e. The van der Waals surface area contributed by atoms with E-state index in [1.165, 1.54) is 6.08 Å². The Morgan fingerprint density at radius 2 is 2.15 bits per heavy atom. The van der Waals surface area contributed by atoms with Crippen LogP contribution in [0.3, 0.4) is 0 Å². The van der Waals surface area contributed by atoms with Gasteiger partial charge in [0, 0.05) is 18.5 Å². The van der Waals surface area contributed by atoms with Crippen LogP contribution in [0.15, 0.2) is 30.3 Å². The summed E-state index contributed by atoms with van der Waals surface area (Å²) in [6.45, 7) is 4.44. The van der Waals surface area contributed by atoms with E-state index in [2.05, 4.69) is 12.2 Å². The van der Waals surface area contributed by atoms with Gasteiger partial charge in [0.1, 0.15) is 0 Å². The largest absolute Gasteiger partial charge is 0.478 e. The number of benzene rings is 1. The Balaban J connectivity index is 2.58. The molecule has 1 aromatic carbocycles. The second kappa shape index (κ2) is 8.15. The average molecular weight is 275 g/mol. The van der Waals surface area contributed by atoms with E-state index in [9.17, 15) is 9.59 Å². The van der Waals surface area contributed by atoms with Crippen LogP contribution >= 0.6 is 0 Å². The van der Waals surface area contributed by atoms with Crippen molar-refractivity contribution in [3.8, 4) is 0 Å². The van der Waals surface area contributed by atoms with Gasteiger partial charge in [0.25, 0.3) is 0 Å². The molecule has 0 heterocycles. The quantitative estimate of drug-likeness (QED) is 0.752. The van der Waals surface area contributed by atoms with Gasteiger partial charge < -0.3 is 10.4 Å². The first-order valence-electron chi connectivity index (χ1n) is 6.80. The van der Waals surface area contributed by atoms with Crippen LogP contribution in [-0.4, -0.2) is 17.0 Å². The van der Waals surface area contributed by atoms with E-state index in [1.54, 1.807) is 0 Å². The number of hydrogen-bond acceptors (Lipinski definition) is 2. The van der Waals surface area contributed by atoms with Crippen molar-refractivity contribution in [1.29, 1.82) is 0 Å². The highest BCUT2D eigenvalue weighted by atomic mass is 16.4. The first-order valence-corrected chi connectivity index (χ1v) is 6.80. The predicted molar refractivity (Wildman–Crippen MR) is 79.0 cm³/mol. The molecular weight excluding hydrogens is 254 g/mol. The van der Waals surface area contributed by atoms with Crippen molar-refractivity contribution in [2.24, 2.45) is 5.92 Å². The smallest absolute Gasteiger partial charge is 0.328 e. The van der Waals surface area contributed by atoms with E-state index in [4.69, 9.17) is 5.11 Å². The van der Waals surface area contributed by atoms with Crippen molar-refractivity contribution in [2.45, 2.75) is 33.2 Å². The van der Waals surface area contributed by atoms with Gasteiger partial charge in [-0.15, -0.1) is 0 Å². The molecule has 0 aliphatic rings. The van der Waals surface area contributed by atoms with Gasteiger partial charge in [0.05, 0.1) is 0 Å². The summed E-state index contributed by atoms with van der Waals surface area (Å²) in [6, 6.07) is 7.44. The zero-order chi connectivity index (χ0) is 15.0. The molecule has 0 spiro atoms. The van der Waals surface area contributed by atoms with Crippen LogP contribution < -0.4 is 5.32 Å². The van der Waals surface area contributed by atoms with E-state index in [0.29, 0.717) is 6.54 Å². The molecule has 1 amide bonds. The Hall–Kier alpha value is -2.10. The number of carboxylic acids is 1. The average Bonchev–Trinajstić information content (AvgIpc) is 2.43. The number of carboxylic acid groups (broad SMARTS) is 1. The summed E-state index contributed by atoms with van der Waals surface area (Å²) in [5.41, 5.74) is 1.76. The summed E-state index contributed by atoms with van der Waals surface area (Å²) < 4.78 is 0. The molecule has 1 atom stereocenters. The molecule has 1 rings (SSSR count). The molecule has 1 aromatic rings. The molecule has 2 N–H and O–H groups in total. The first kappa shape index (κ1) is 16.0. The number of aliphatic carboxylic acids is 1. The van der Waals surface area contributed by atoms with Gasteiger partial charge >= 0.3 is 5.97 Å². The highest BCUT2D eigenvalue weighted by Crippen LogP contribution is 2.09. The first-order chi connectivity index (χ1) is 9.52. The summed E-state index contributed by atoms with van der Waals surface area (Å²) in [6.07, 6.45) is 4.51. The summed E-state index contributed by atoms with van der Waals surface area (Å²) in [5.74, 6) is -0.898. The third-order valence-corrected chi connectivity index (χ3v) is 3.01. The Morgan fingerprint density at radius 3 is 2.80 bits per heavy atom. The lowest BCUT2D eigenvalue weighted by molar-refractivity contribution is -0.131. The van der Waals surface area contributed by atoms with Gasteiger partial charge in [-0.05, 0) is 29.7 Å². The summed E-state index contributed by atoms with van der Waals surface area (Å²) in [5, 5.41) is 11.5. The second-order valence-electron chi connectivity index (χ2n) is 4.82. The van der Waals surface area contributed by atoms with Crippen molar-refractivity contribution < 1.29 is 14.7 Å². The molecule has 0 bridgehead atoms. The summed E-state index contributed by atoms with van der Waals surface area (Å²) in [7, 11) is 0. The minimum atomic E-state index is -0.975. The fourth-order valence-electron chi connectivity index (χ4n) is 1.90. The topological polar surface area (TPSA) is 66.4 Å². The Kier molecular flexibility index (Phi) is 6.50. The maximum atomic E-state index is 11.8. The van der Waals surface area contributed by atoms with Crippen LogP contribution in [0.4, 0.5) is 0 Å². The van der Waals surface area contributed by atoms with Crippen LogP contribution in [0.2, 0.25) is 0 Å². The van der Waals surface area contributed by atoms with Gasteiger partial charge in [-0.2, -0.15) is 0 Å². The summed E-state index contributed by atoms with van der Waals surface area (Å²) >= 11 is 0. The molecule has 4 nitrogen and oxygen atoms in total. The highest BCUT2D eigenvalue weighted by Gasteiger charge is 2.10. The van der Waals surface area contributed by atoms with Crippen molar-refractivity contribution in [2.75, 3.05) is 0 Å². The van der Waals surface area contributed by atoms with Gasteiger partial charge in [0.15, 0.2) is 0 Å². The molecule has 1 unspecified atom stereocenters. The molecular formula is C16H21NO3. The predicted octanol–water partition coefficient (Wildman–Crippen LogP) is 2.84. The zero-order valence-electron chi connectivity index (χ0n) is 11.9. The molecule has 0 aliphatic carbocycles. The second-order valence-corrected chi connectivity index (χ2v) is 4.82. The number of carbonyl (C=O) groups is 2. The number of hydrogen-bond donors (Lipinski definition) is 2. The number of rotatable bonds is 7. The van der Waals surface area contributed by atoms with E-state index < -0.39 is 5.97 Å². The SMILES string of the molecule is CCCC(C)C(=O)NCc1cccc(C=CC(=O)O)c1.